The van der Waals surface area contributed by atoms with E-state index in [9.17, 15) is 9.59 Å². The Balaban J connectivity index is 1.59. The smallest absolute Gasteiger partial charge is 0.258 e. The SMILES string of the molecule is C=CCc1ccccc1OCCN1C(=O)C(C)CN(C(=O)c2ccccc2)c2ccccc21. The maximum Gasteiger partial charge on any atom is 0.258 e. The number of allylic oxidation sites excluding steroid dienone is 1. The van der Waals surface area contributed by atoms with Crippen molar-refractivity contribution >= 4 is 23.2 Å². The second-order valence-corrected chi connectivity index (χ2v) is 8.11. The third-order valence-corrected chi connectivity index (χ3v) is 5.78. The molecule has 33 heavy (non-hydrogen) atoms. The Kier molecular flexibility index (Phi) is 6.89. The van der Waals surface area contributed by atoms with Crippen molar-refractivity contribution in [2.75, 3.05) is 29.5 Å². The molecule has 1 heterocycles. The average Bonchev–Trinajstić information content (AvgIpc) is 2.95. The molecule has 3 aromatic carbocycles. The zero-order valence-corrected chi connectivity index (χ0v) is 18.8. The molecule has 0 fully saturated rings. The minimum Gasteiger partial charge on any atom is -0.491 e. The zero-order valence-electron chi connectivity index (χ0n) is 18.8. The van der Waals surface area contributed by atoms with E-state index in [0.29, 0.717) is 25.3 Å². The third kappa shape index (κ3) is 4.82. The number of amides is 2. The highest BCUT2D eigenvalue weighted by molar-refractivity contribution is 6.11. The lowest BCUT2D eigenvalue weighted by Crippen LogP contribution is -2.39. The summed E-state index contributed by atoms with van der Waals surface area (Å²) in [4.78, 5) is 30.1. The Morgan fingerprint density at radius 3 is 2.42 bits per heavy atom. The van der Waals surface area contributed by atoms with Crippen molar-refractivity contribution in [1.82, 2.24) is 0 Å². The van der Waals surface area contributed by atoms with E-state index in [1.54, 1.807) is 21.9 Å². The molecule has 0 radical (unpaired) electrons. The van der Waals surface area contributed by atoms with E-state index in [1.165, 1.54) is 0 Å². The Hall–Kier alpha value is -3.86. The number of rotatable bonds is 7. The molecule has 0 bridgehead atoms. The standard InChI is InChI=1S/C28H28N2O3/c1-3-11-22-12-7-10-17-26(22)33-19-18-29-24-15-8-9-16-25(24)30(20-21(2)27(29)31)28(32)23-13-5-4-6-14-23/h3-10,12-17,21H,1,11,18-20H2,2H3. The number of benzene rings is 3. The van der Waals surface area contributed by atoms with Crippen molar-refractivity contribution in [2.24, 2.45) is 5.92 Å². The lowest BCUT2D eigenvalue weighted by molar-refractivity contribution is -0.121. The molecule has 0 aromatic heterocycles. The topological polar surface area (TPSA) is 49.9 Å². The largest absolute Gasteiger partial charge is 0.491 e. The first-order valence-corrected chi connectivity index (χ1v) is 11.2. The lowest BCUT2D eigenvalue weighted by Gasteiger charge is -2.25. The minimum atomic E-state index is -0.349. The molecule has 1 aliphatic rings. The number of hydrogen-bond acceptors (Lipinski definition) is 3. The molecule has 5 nitrogen and oxygen atoms in total. The van der Waals surface area contributed by atoms with Gasteiger partial charge in [-0.3, -0.25) is 9.59 Å². The molecule has 5 heteroatoms. The molecule has 168 valence electrons. The molecule has 0 spiro atoms. The van der Waals surface area contributed by atoms with Gasteiger partial charge in [0.25, 0.3) is 5.91 Å². The second-order valence-electron chi connectivity index (χ2n) is 8.11. The van der Waals surface area contributed by atoms with Gasteiger partial charge in [-0.2, -0.15) is 0 Å². The number of fused-ring (bicyclic) bond motifs is 1. The summed E-state index contributed by atoms with van der Waals surface area (Å²) in [5.41, 5.74) is 3.11. The van der Waals surface area contributed by atoms with Crippen molar-refractivity contribution in [3.05, 3.63) is 103 Å². The maximum atomic E-state index is 13.3. The van der Waals surface area contributed by atoms with E-state index in [4.69, 9.17) is 4.74 Å². The van der Waals surface area contributed by atoms with Crippen LogP contribution in [0.5, 0.6) is 5.75 Å². The Morgan fingerprint density at radius 2 is 1.67 bits per heavy atom. The van der Waals surface area contributed by atoms with Crippen LogP contribution in [0.2, 0.25) is 0 Å². The monoisotopic (exact) mass is 440 g/mol. The highest BCUT2D eigenvalue weighted by Gasteiger charge is 2.33. The van der Waals surface area contributed by atoms with Gasteiger partial charge in [0, 0.05) is 12.1 Å². The zero-order chi connectivity index (χ0) is 23.2. The average molecular weight is 441 g/mol. The van der Waals surface area contributed by atoms with Crippen LogP contribution in [0, 0.1) is 5.92 Å². The fourth-order valence-corrected chi connectivity index (χ4v) is 4.13. The number of para-hydroxylation sites is 3. The summed E-state index contributed by atoms with van der Waals surface area (Å²) in [6, 6.07) is 24.6. The molecule has 0 saturated carbocycles. The van der Waals surface area contributed by atoms with E-state index in [1.807, 2.05) is 79.7 Å². The lowest BCUT2D eigenvalue weighted by atomic mass is 10.1. The van der Waals surface area contributed by atoms with Crippen LogP contribution in [0.3, 0.4) is 0 Å². The van der Waals surface area contributed by atoms with E-state index in [2.05, 4.69) is 6.58 Å². The van der Waals surface area contributed by atoms with Crippen LogP contribution in [-0.2, 0) is 11.2 Å². The van der Waals surface area contributed by atoms with Gasteiger partial charge in [-0.1, -0.05) is 61.5 Å². The first kappa shape index (κ1) is 22.3. The molecular weight excluding hydrogens is 412 g/mol. The van der Waals surface area contributed by atoms with Crippen LogP contribution >= 0.6 is 0 Å². The van der Waals surface area contributed by atoms with Crippen LogP contribution in [0.4, 0.5) is 11.4 Å². The number of anilines is 2. The molecule has 2 amide bonds. The molecule has 0 N–H and O–H groups in total. The Labute approximate surface area is 194 Å². The molecule has 1 atom stereocenters. The van der Waals surface area contributed by atoms with Gasteiger partial charge in [-0.05, 0) is 42.3 Å². The van der Waals surface area contributed by atoms with Crippen LogP contribution in [-0.4, -0.2) is 31.5 Å². The number of carbonyl (C=O) groups is 2. The normalized spacial score (nSPS) is 15.5. The van der Waals surface area contributed by atoms with E-state index in [-0.39, 0.29) is 17.7 Å². The minimum absolute atomic E-state index is 0.0196. The van der Waals surface area contributed by atoms with Gasteiger partial charge in [0.05, 0.1) is 23.8 Å². The summed E-state index contributed by atoms with van der Waals surface area (Å²) in [7, 11) is 0. The number of carbonyl (C=O) groups excluding carboxylic acids is 2. The molecular formula is C28H28N2O3. The predicted octanol–water partition coefficient (Wildman–Crippen LogP) is 5.12. The van der Waals surface area contributed by atoms with Crippen molar-refractivity contribution in [3.8, 4) is 5.75 Å². The summed E-state index contributed by atoms with van der Waals surface area (Å²) in [6.07, 6.45) is 2.56. The van der Waals surface area contributed by atoms with Gasteiger partial charge in [-0.25, -0.2) is 0 Å². The van der Waals surface area contributed by atoms with Crippen molar-refractivity contribution < 1.29 is 14.3 Å². The van der Waals surface area contributed by atoms with Gasteiger partial charge >= 0.3 is 0 Å². The van der Waals surface area contributed by atoms with E-state index < -0.39 is 0 Å². The van der Waals surface area contributed by atoms with Gasteiger partial charge < -0.3 is 14.5 Å². The molecule has 1 aliphatic heterocycles. The number of nitrogens with zero attached hydrogens (tertiary/aromatic N) is 2. The molecule has 0 aliphatic carbocycles. The van der Waals surface area contributed by atoms with Crippen LogP contribution in [0.15, 0.2) is 91.5 Å². The molecule has 1 unspecified atom stereocenters. The highest BCUT2D eigenvalue weighted by Crippen LogP contribution is 2.35. The van der Waals surface area contributed by atoms with Gasteiger partial charge in [0.1, 0.15) is 12.4 Å². The first-order chi connectivity index (χ1) is 16.1. The fraction of sp³-hybridized carbons (Fsp3) is 0.214. The van der Waals surface area contributed by atoms with Gasteiger partial charge in [0.2, 0.25) is 5.91 Å². The van der Waals surface area contributed by atoms with Gasteiger partial charge in [0.15, 0.2) is 0 Å². The first-order valence-electron chi connectivity index (χ1n) is 11.2. The predicted molar refractivity (Wildman–Crippen MR) is 132 cm³/mol. The molecule has 3 aromatic rings. The molecule has 4 rings (SSSR count). The van der Waals surface area contributed by atoms with E-state index in [0.717, 1.165) is 29.1 Å². The van der Waals surface area contributed by atoms with Gasteiger partial charge in [-0.15, -0.1) is 6.58 Å². The Morgan fingerprint density at radius 1 is 1.00 bits per heavy atom. The molecule has 0 saturated heterocycles. The summed E-state index contributed by atoms with van der Waals surface area (Å²) < 4.78 is 6.05. The van der Waals surface area contributed by atoms with E-state index >= 15 is 0 Å². The van der Waals surface area contributed by atoms with Crippen molar-refractivity contribution in [2.45, 2.75) is 13.3 Å². The fourth-order valence-electron chi connectivity index (χ4n) is 4.13. The maximum absolute atomic E-state index is 13.3. The highest BCUT2D eigenvalue weighted by atomic mass is 16.5. The summed E-state index contributed by atoms with van der Waals surface area (Å²) in [5.74, 6) is 0.313. The summed E-state index contributed by atoms with van der Waals surface area (Å²) in [6.45, 7) is 6.72. The number of hydrogen-bond donors (Lipinski definition) is 0. The summed E-state index contributed by atoms with van der Waals surface area (Å²) in [5, 5.41) is 0. The second kappa shape index (κ2) is 10.2. The van der Waals surface area contributed by atoms with Crippen LogP contribution in [0.25, 0.3) is 0 Å². The Bertz CT molecular complexity index is 1140. The quantitative estimate of drug-likeness (QED) is 0.479. The summed E-state index contributed by atoms with van der Waals surface area (Å²) >= 11 is 0. The van der Waals surface area contributed by atoms with Crippen molar-refractivity contribution in [3.63, 3.8) is 0 Å². The van der Waals surface area contributed by atoms with Crippen molar-refractivity contribution in [1.29, 1.82) is 0 Å². The number of ether oxygens (including phenoxy) is 1. The third-order valence-electron chi connectivity index (χ3n) is 5.78. The van der Waals surface area contributed by atoms with Crippen LogP contribution < -0.4 is 14.5 Å². The van der Waals surface area contributed by atoms with Crippen LogP contribution in [0.1, 0.15) is 22.8 Å².